The topological polar surface area (TPSA) is 61.4 Å². The van der Waals surface area contributed by atoms with Gasteiger partial charge < -0.3 is 15.7 Å². The first-order chi connectivity index (χ1) is 10.2. The Kier molecular flexibility index (Phi) is 5.35. The van der Waals surface area contributed by atoms with Crippen molar-refractivity contribution in [2.45, 2.75) is 19.4 Å². The third kappa shape index (κ3) is 4.61. The lowest BCUT2D eigenvalue weighted by Crippen LogP contribution is -2.36. The zero-order valence-corrected chi connectivity index (χ0v) is 12.0. The van der Waals surface area contributed by atoms with Crippen LogP contribution < -0.4 is 10.6 Å². The molecule has 0 aliphatic rings. The SMILES string of the molecule is C[C@H](CCO)NC(=O)Nc1ccc(-c2ccccc2)cc1. The summed E-state index contributed by atoms with van der Waals surface area (Å²) in [5.41, 5.74) is 2.99. The van der Waals surface area contributed by atoms with Crippen LogP contribution in [-0.4, -0.2) is 23.8 Å². The molecule has 1 atom stereocenters. The molecule has 0 saturated carbocycles. The molecule has 2 amide bonds. The largest absolute Gasteiger partial charge is 0.396 e. The van der Waals surface area contributed by atoms with Crippen LogP contribution in [0.25, 0.3) is 11.1 Å². The summed E-state index contributed by atoms with van der Waals surface area (Å²) < 4.78 is 0. The van der Waals surface area contributed by atoms with Crippen LogP contribution in [0, 0.1) is 0 Å². The molecule has 0 aromatic heterocycles. The molecule has 0 aliphatic carbocycles. The average molecular weight is 284 g/mol. The van der Waals surface area contributed by atoms with Crippen LogP contribution in [0.1, 0.15) is 13.3 Å². The first-order valence-corrected chi connectivity index (χ1v) is 7.03. The summed E-state index contributed by atoms with van der Waals surface area (Å²) in [5, 5.41) is 14.4. The third-order valence-electron chi connectivity index (χ3n) is 3.19. The van der Waals surface area contributed by atoms with E-state index >= 15 is 0 Å². The Labute approximate surface area is 124 Å². The van der Waals surface area contributed by atoms with Gasteiger partial charge in [0.1, 0.15) is 0 Å². The monoisotopic (exact) mass is 284 g/mol. The second-order valence-corrected chi connectivity index (χ2v) is 4.96. The van der Waals surface area contributed by atoms with E-state index in [2.05, 4.69) is 10.6 Å². The molecular weight excluding hydrogens is 264 g/mol. The number of urea groups is 1. The Hall–Kier alpha value is -2.33. The van der Waals surface area contributed by atoms with Crippen molar-refractivity contribution in [2.24, 2.45) is 0 Å². The highest BCUT2D eigenvalue weighted by Crippen LogP contribution is 2.20. The van der Waals surface area contributed by atoms with E-state index in [1.54, 1.807) is 0 Å². The minimum atomic E-state index is -0.261. The van der Waals surface area contributed by atoms with E-state index in [1.165, 1.54) is 0 Å². The number of amides is 2. The molecular formula is C17H20N2O2. The maximum Gasteiger partial charge on any atom is 0.319 e. The van der Waals surface area contributed by atoms with Gasteiger partial charge in [0.15, 0.2) is 0 Å². The lowest BCUT2D eigenvalue weighted by molar-refractivity contribution is 0.241. The van der Waals surface area contributed by atoms with E-state index in [4.69, 9.17) is 5.11 Å². The second kappa shape index (κ2) is 7.45. The average Bonchev–Trinajstić information content (AvgIpc) is 2.49. The number of hydrogen-bond donors (Lipinski definition) is 3. The van der Waals surface area contributed by atoms with E-state index in [1.807, 2.05) is 61.5 Å². The number of aliphatic hydroxyl groups is 1. The van der Waals surface area contributed by atoms with Crippen molar-refractivity contribution in [1.29, 1.82) is 0 Å². The fraction of sp³-hybridized carbons (Fsp3) is 0.235. The summed E-state index contributed by atoms with van der Waals surface area (Å²) in [6.07, 6.45) is 0.542. The van der Waals surface area contributed by atoms with Crippen LogP contribution in [0.2, 0.25) is 0 Å². The molecule has 0 bridgehead atoms. The van der Waals surface area contributed by atoms with Gasteiger partial charge in [-0.05, 0) is 36.6 Å². The summed E-state index contributed by atoms with van der Waals surface area (Å²) in [6, 6.07) is 17.5. The number of aliphatic hydroxyl groups excluding tert-OH is 1. The van der Waals surface area contributed by atoms with E-state index in [0.717, 1.165) is 16.8 Å². The van der Waals surface area contributed by atoms with Gasteiger partial charge >= 0.3 is 6.03 Å². The highest BCUT2D eigenvalue weighted by atomic mass is 16.3. The van der Waals surface area contributed by atoms with E-state index in [0.29, 0.717) is 6.42 Å². The van der Waals surface area contributed by atoms with Crippen molar-refractivity contribution in [3.05, 3.63) is 54.6 Å². The molecule has 2 aromatic rings. The Morgan fingerprint density at radius 3 is 2.29 bits per heavy atom. The van der Waals surface area contributed by atoms with Crippen LogP contribution in [0.5, 0.6) is 0 Å². The Morgan fingerprint density at radius 2 is 1.67 bits per heavy atom. The number of nitrogens with one attached hydrogen (secondary N) is 2. The van der Waals surface area contributed by atoms with Gasteiger partial charge in [0, 0.05) is 18.3 Å². The number of carbonyl (C=O) groups is 1. The molecule has 0 spiro atoms. The van der Waals surface area contributed by atoms with Gasteiger partial charge in [-0.25, -0.2) is 4.79 Å². The second-order valence-electron chi connectivity index (χ2n) is 4.96. The number of hydrogen-bond acceptors (Lipinski definition) is 2. The lowest BCUT2D eigenvalue weighted by atomic mass is 10.1. The van der Waals surface area contributed by atoms with Crippen molar-refractivity contribution in [1.82, 2.24) is 5.32 Å². The highest BCUT2D eigenvalue weighted by Gasteiger charge is 2.06. The zero-order chi connectivity index (χ0) is 15.1. The molecule has 110 valence electrons. The molecule has 21 heavy (non-hydrogen) atoms. The highest BCUT2D eigenvalue weighted by molar-refractivity contribution is 5.89. The number of rotatable bonds is 5. The first kappa shape index (κ1) is 15.1. The summed E-state index contributed by atoms with van der Waals surface area (Å²) in [4.78, 5) is 11.7. The first-order valence-electron chi connectivity index (χ1n) is 7.03. The van der Waals surface area contributed by atoms with Gasteiger partial charge in [-0.2, -0.15) is 0 Å². The molecule has 4 nitrogen and oxygen atoms in total. The smallest absolute Gasteiger partial charge is 0.319 e. The summed E-state index contributed by atoms with van der Waals surface area (Å²) in [7, 11) is 0. The molecule has 3 N–H and O–H groups in total. The summed E-state index contributed by atoms with van der Waals surface area (Å²) >= 11 is 0. The van der Waals surface area contributed by atoms with Crippen molar-refractivity contribution in [3.63, 3.8) is 0 Å². The molecule has 0 saturated heterocycles. The quantitative estimate of drug-likeness (QED) is 0.789. The maximum atomic E-state index is 11.7. The van der Waals surface area contributed by atoms with Crippen molar-refractivity contribution in [3.8, 4) is 11.1 Å². The van der Waals surface area contributed by atoms with Gasteiger partial charge in [-0.1, -0.05) is 42.5 Å². The van der Waals surface area contributed by atoms with Crippen LogP contribution in [0.4, 0.5) is 10.5 Å². The third-order valence-corrected chi connectivity index (χ3v) is 3.19. The Balaban J connectivity index is 1.95. The van der Waals surface area contributed by atoms with Gasteiger partial charge in [0.25, 0.3) is 0 Å². The Bertz CT molecular complexity index is 567. The molecule has 0 unspecified atom stereocenters. The fourth-order valence-electron chi connectivity index (χ4n) is 2.03. The van der Waals surface area contributed by atoms with Gasteiger partial charge in [-0.3, -0.25) is 0 Å². The number of benzene rings is 2. The van der Waals surface area contributed by atoms with Gasteiger partial charge in [-0.15, -0.1) is 0 Å². The standard InChI is InChI=1S/C17H20N2O2/c1-13(11-12-20)18-17(21)19-16-9-7-15(8-10-16)14-5-3-2-4-6-14/h2-10,13,20H,11-12H2,1H3,(H2,18,19,21)/t13-/m1/s1. The fourth-order valence-corrected chi connectivity index (χ4v) is 2.03. The molecule has 4 heteroatoms. The minimum absolute atomic E-state index is 0.0569. The van der Waals surface area contributed by atoms with E-state index < -0.39 is 0 Å². The summed E-state index contributed by atoms with van der Waals surface area (Å²) in [6.45, 7) is 1.92. The molecule has 2 aromatic carbocycles. The van der Waals surface area contributed by atoms with Crippen LogP contribution in [0.15, 0.2) is 54.6 Å². The number of anilines is 1. The van der Waals surface area contributed by atoms with Gasteiger partial charge in [0.2, 0.25) is 0 Å². The molecule has 0 aliphatic heterocycles. The normalized spacial score (nSPS) is 11.7. The van der Waals surface area contributed by atoms with Crippen LogP contribution >= 0.6 is 0 Å². The molecule has 2 rings (SSSR count). The predicted octanol–water partition coefficient (Wildman–Crippen LogP) is 3.25. The predicted molar refractivity (Wildman–Crippen MR) is 85.2 cm³/mol. The molecule has 0 heterocycles. The molecule has 0 radical (unpaired) electrons. The van der Waals surface area contributed by atoms with Crippen molar-refractivity contribution >= 4 is 11.7 Å². The summed E-state index contributed by atoms with van der Waals surface area (Å²) in [5.74, 6) is 0. The van der Waals surface area contributed by atoms with E-state index in [-0.39, 0.29) is 18.7 Å². The maximum absolute atomic E-state index is 11.7. The lowest BCUT2D eigenvalue weighted by Gasteiger charge is -2.13. The molecule has 0 fully saturated rings. The van der Waals surface area contributed by atoms with E-state index in [9.17, 15) is 4.79 Å². The zero-order valence-electron chi connectivity index (χ0n) is 12.0. The van der Waals surface area contributed by atoms with Gasteiger partial charge in [0.05, 0.1) is 0 Å². The van der Waals surface area contributed by atoms with Crippen LogP contribution in [0.3, 0.4) is 0 Å². The number of carbonyl (C=O) groups excluding carboxylic acids is 1. The van der Waals surface area contributed by atoms with Crippen molar-refractivity contribution in [2.75, 3.05) is 11.9 Å². The van der Waals surface area contributed by atoms with Crippen LogP contribution in [-0.2, 0) is 0 Å². The Morgan fingerprint density at radius 1 is 1.05 bits per heavy atom. The minimum Gasteiger partial charge on any atom is -0.396 e. The van der Waals surface area contributed by atoms with Crippen molar-refractivity contribution < 1.29 is 9.90 Å².